The van der Waals surface area contributed by atoms with E-state index in [1.165, 1.54) is 37.3 Å². The summed E-state index contributed by atoms with van der Waals surface area (Å²) in [5.74, 6) is -0.780. The van der Waals surface area contributed by atoms with E-state index in [1.54, 1.807) is 6.07 Å². The quantitative estimate of drug-likeness (QED) is 0.672. The number of nitrogens with one attached hydrogen (secondary N) is 1. The van der Waals surface area contributed by atoms with Crippen molar-refractivity contribution in [3.63, 3.8) is 0 Å². The second kappa shape index (κ2) is 8.76. The number of benzene rings is 1. The second-order valence-corrected chi connectivity index (χ2v) is 10.0. The van der Waals surface area contributed by atoms with Crippen LogP contribution >= 0.6 is 11.3 Å². The molecule has 0 spiro atoms. The van der Waals surface area contributed by atoms with Crippen molar-refractivity contribution in [3.8, 4) is 16.2 Å². The Morgan fingerprint density at radius 3 is 2.41 bits per heavy atom. The summed E-state index contributed by atoms with van der Waals surface area (Å²) < 4.78 is 0. The van der Waals surface area contributed by atoms with Gasteiger partial charge in [-0.1, -0.05) is 13.8 Å². The van der Waals surface area contributed by atoms with Crippen LogP contribution in [0.15, 0.2) is 18.2 Å². The standard InChI is InChI=1S/C19H23NO3S.C4H9N/c1-19(2)8-7-15-13(10-19)16(18(22)23)17(24-15)12-6-5-11(20(3)4)9-14(12)21;1-2-4-5-3-1/h5-6,9,21H,7-8,10H2,1-4H3,(H,22,23);5H,1-4H2. The highest BCUT2D eigenvalue weighted by atomic mass is 32.1. The van der Waals surface area contributed by atoms with E-state index in [0.717, 1.165) is 35.4 Å². The fourth-order valence-corrected chi connectivity index (χ4v) is 5.29. The van der Waals surface area contributed by atoms with Crippen molar-refractivity contribution in [1.82, 2.24) is 5.32 Å². The molecule has 1 aromatic carbocycles. The van der Waals surface area contributed by atoms with Gasteiger partial charge in [0, 0.05) is 36.3 Å². The maximum absolute atomic E-state index is 11.9. The zero-order valence-corrected chi connectivity index (χ0v) is 18.7. The van der Waals surface area contributed by atoms with E-state index in [-0.39, 0.29) is 11.2 Å². The summed E-state index contributed by atoms with van der Waals surface area (Å²) >= 11 is 1.52. The van der Waals surface area contributed by atoms with Crippen molar-refractivity contribution in [1.29, 1.82) is 0 Å². The number of hydrogen-bond acceptors (Lipinski definition) is 5. The Kier molecular flexibility index (Phi) is 6.54. The first kappa shape index (κ1) is 21.7. The van der Waals surface area contributed by atoms with Gasteiger partial charge in [-0.25, -0.2) is 4.79 Å². The van der Waals surface area contributed by atoms with Crippen LogP contribution in [0.1, 0.15) is 53.9 Å². The molecule has 0 amide bonds. The number of thiophene rings is 1. The number of aryl methyl sites for hydroxylation is 1. The Bertz CT molecular complexity index is 875. The molecule has 0 saturated carbocycles. The number of phenolic OH excluding ortho intramolecular Hbond substituents is 1. The molecule has 2 aliphatic rings. The molecule has 1 fully saturated rings. The van der Waals surface area contributed by atoms with Gasteiger partial charge < -0.3 is 20.4 Å². The smallest absolute Gasteiger partial charge is 0.337 e. The summed E-state index contributed by atoms with van der Waals surface area (Å²) in [7, 11) is 3.81. The van der Waals surface area contributed by atoms with E-state index in [1.807, 2.05) is 31.1 Å². The molecule has 0 atom stereocenters. The summed E-state index contributed by atoms with van der Waals surface area (Å²) in [6, 6.07) is 5.41. The Labute approximate surface area is 177 Å². The number of nitrogens with zero attached hydrogens (tertiary/aromatic N) is 1. The van der Waals surface area contributed by atoms with Crippen molar-refractivity contribution in [3.05, 3.63) is 34.2 Å². The number of carbonyl (C=O) groups is 1. The molecule has 0 unspecified atom stereocenters. The summed E-state index contributed by atoms with van der Waals surface area (Å²) in [4.78, 5) is 15.7. The third kappa shape index (κ3) is 4.93. The third-order valence-electron chi connectivity index (χ3n) is 5.69. The Hall–Kier alpha value is -2.05. The highest BCUT2D eigenvalue weighted by molar-refractivity contribution is 7.16. The molecule has 0 radical (unpaired) electrons. The number of fused-ring (bicyclic) bond motifs is 1. The molecule has 4 rings (SSSR count). The number of aromatic carboxylic acids is 1. The number of aromatic hydroxyl groups is 1. The summed E-state index contributed by atoms with van der Waals surface area (Å²) in [5, 5.41) is 23.5. The van der Waals surface area contributed by atoms with Gasteiger partial charge in [0.1, 0.15) is 5.75 Å². The fourth-order valence-electron chi connectivity index (χ4n) is 3.95. The van der Waals surface area contributed by atoms with E-state index >= 15 is 0 Å². The maximum atomic E-state index is 11.9. The normalized spacial score (nSPS) is 17.2. The molecular weight excluding hydrogens is 384 g/mol. The first-order valence-electron chi connectivity index (χ1n) is 10.3. The number of anilines is 1. The van der Waals surface area contributed by atoms with Gasteiger partial charge >= 0.3 is 5.97 Å². The van der Waals surface area contributed by atoms with Crippen LogP contribution in [0.4, 0.5) is 5.69 Å². The predicted octanol–water partition coefficient (Wildman–Crippen LogP) is 4.77. The molecule has 158 valence electrons. The molecule has 29 heavy (non-hydrogen) atoms. The zero-order valence-electron chi connectivity index (χ0n) is 17.8. The second-order valence-electron chi connectivity index (χ2n) is 8.91. The minimum atomic E-state index is -0.906. The molecule has 1 aliphatic heterocycles. The van der Waals surface area contributed by atoms with Crippen molar-refractivity contribution in [2.45, 2.75) is 46.0 Å². The first-order valence-corrected chi connectivity index (χ1v) is 11.1. The van der Waals surface area contributed by atoms with Gasteiger partial charge in [-0.15, -0.1) is 11.3 Å². The van der Waals surface area contributed by atoms with Crippen LogP contribution in [0, 0.1) is 5.41 Å². The van der Waals surface area contributed by atoms with Gasteiger partial charge in [0.2, 0.25) is 0 Å². The van der Waals surface area contributed by atoms with Gasteiger partial charge in [0.25, 0.3) is 0 Å². The van der Waals surface area contributed by atoms with Gasteiger partial charge in [0.15, 0.2) is 0 Å². The van der Waals surface area contributed by atoms with Crippen LogP contribution in [0.3, 0.4) is 0 Å². The monoisotopic (exact) mass is 416 g/mol. The van der Waals surface area contributed by atoms with Crippen molar-refractivity contribution in [2.75, 3.05) is 32.1 Å². The third-order valence-corrected chi connectivity index (χ3v) is 7.01. The first-order chi connectivity index (χ1) is 13.7. The molecule has 5 nitrogen and oxygen atoms in total. The van der Waals surface area contributed by atoms with E-state index in [4.69, 9.17) is 0 Å². The molecular formula is C23H32N2O3S. The zero-order chi connectivity index (χ0) is 21.2. The number of rotatable bonds is 3. The summed E-state index contributed by atoms with van der Waals surface area (Å²) in [5.41, 5.74) is 2.93. The van der Waals surface area contributed by atoms with Crippen molar-refractivity contribution >= 4 is 23.0 Å². The van der Waals surface area contributed by atoms with Crippen LogP contribution in [0.2, 0.25) is 0 Å². The van der Waals surface area contributed by atoms with Crippen LogP contribution in [-0.4, -0.2) is 43.4 Å². The Balaban J connectivity index is 0.000000419. The molecule has 0 bridgehead atoms. The van der Waals surface area contributed by atoms with Gasteiger partial charge in [-0.2, -0.15) is 0 Å². The number of carboxylic acids is 1. The average Bonchev–Trinajstić information content (AvgIpc) is 3.31. The van der Waals surface area contributed by atoms with Crippen LogP contribution in [0.25, 0.3) is 10.4 Å². The molecule has 2 heterocycles. The van der Waals surface area contributed by atoms with Gasteiger partial charge in [-0.3, -0.25) is 0 Å². The summed E-state index contributed by atoms with van der Waals surface area (Å²) in [6.45, 7) is 6.87. The van der Waals surface area contributed by atoms with Crippen LogP contribution in [-0.2, 0) is 12.8 Å². The number of hydrogen-bond donors (Lipinski definition) is 3. The number of carboxylic acid groups (broad SMARTS) is 1. The maximum Gasteiger partial charge on any atom is 0.337 e. The highest BCUT2D eigenvalue weighted by Crippen LogP contribution is 2.47. The lowest BCUT2D eigenvalue weighted by Crippen LogP contribution is -2.22. The predicted molar refractivity (Wildman–Crippen MR) is 121 cm³/mol. The number of phenols is 1. The van der Waals surface area contributed by atoms with Gasteiger partial charge in [-0.05, 0) is 68.3 Å². The lowest BCUT2D eigenvalue weighted by atomic mass is 9.76. The van der Waals surface area contributed by atoms with Gasteiger partial charge in [0.05, 0.1) is 10.4 Å². The van der Waals surface area contributed by atoms with E-state index in [0.29, 0.717) is 16.0 Å². The van der Waals surface area contributed by atoms with Crippen LogP contribution in [0.5, 0.6) is 5.75 Å². The molecule has 1 aliphatic carbocycles. The molecule has 6 heteroatoms. The molecule has 1 aromatic heterocycles. The average molecular weight is 417 g/mol. The molecule has 2 aromatic rings. The fraction of sp³-hybridized carbons (Fsp3) is 0.522. The minimum Gasteiger partial charge on any atom is -0.507 e. The Morgan fingerprint density at radius 2 is 1.90 bits per heavy atom. The van der Waals surface area contributed by atoms with E-state index in [2.05, 4.69) is 19.2 Å². The minimum absolute atomic E-state index is 0.117. The van der Waals surface area contributed by atoms with Crippen molar-refractivity contribution in [2.24, 2.45) is 5.41 Å². The van der Waals surface area contributed by atoms with E-state index in [9.17, 15) is 15.0 Å². The molecule has 1 saturated heterocycles. The topological polar surface area (TPSA) is 72.8 Å². The van der Waals surface area contributed by atoms with E-state index < -0.39 is 5.97 Å². The largest absolute Gasteiger partial charge is 0.507 e. The SMILES string of the molecule is C1CCNC1.CN(C)c1ccc(-c2sc3c(c2C(=O)O)CC(C)(C)CC3)c(O)c1. The summed E-state index contributed by atoms with van der Waals surface area (Å²) in [6.07, 6.45) is 5.52. The van der Waals surface area contributed by atoms with Crippen LogP contribution < -0.4 is 10.2 Å². The highest BCUT2D eigenvalue weighted by Gasteiger charge is 2.33. The van der Waals surface area contributed by atoms with Crippen molar-refractivity contribution < 1.29 is 15.0 Å². The lowest BCUT2D eigenvalue weighted by Gasteiger charge is -2.29. The Morgan fingerprint density at radius 1 is 1.21 bits per heavy atom. The lowest BCUT2D eigenvalue weighted by molar-refractivity contribution is 0.0696. The molecule has 3 N–H and O–H groups in total.